The van der Waals surface area contributed by atoms with Crippen LogP contribution >= 0.6 is 7.26 Å². The molecule has 1 aromatic heterocycles. The highest BCUT2D eigenvalue weighted by Gasteiger charge is 2.46. The van der Waals surface area contributed by atoms with E-state index in [0.717, 1.165) is 6.16 Å². The lowest BCUT2D eigenvalue weighted by molar-refractivity contribution is 1.35. The van der Waals surface area contributed by atoms with Crippen molar-refractivity contribution in [1.29, 1.82) is 0 Å². The first kappa shape index (κ1) is 16.7. The third-order valence-corrected chi connectivity index (χ3v) is 8.94. The number of pyridine rings is 1. The Bertz CT molecular complexity index is 842. The Kier molecular flexibility index (Phi) is 4.91. The number of rotatable bonds is 5. The molecular weight excluding hydrogens is 333 g/mol. The maximum atomic E-state index is 4.85. The Morgan fingerprint density at radius 3 is 1.54 bits per heavy atom. The van der Waals surface area contributed by atoms with Crippen molar-refractivity contribution in [3.63, 3.8) is 0 Å². The molecule has 0 unspecified atom stereocenters. The molecule has 0 bridgehead atoms. The third-order valence-electron chi connectivity index (χ3n) is 4.70. The lowest BCUT2D eigenvalue weighted by atomic mass is 10.2. The van der Waals surface area contributed by atoms with Gasteiger partial charge in [0.1, 0.15) is 24.0 Å². The molecule has 1 heterocycles. The van der Waals surface area contributed by atoms with Gasteiger partial charge < -0.3 is 0 Å². The molecule has 4 rings (SSSR count). The summed E-state index contributed by atoms with van der Waals surface area (Å²) in [5.41, 5.74) is 2.53. The molecule has 126 valence electrons. The molecule has 0 spiro atoms. The largest absolute Gasteiger partial charge is 0.222 e. The van der Waals surface area contributed by atoms with Crippen molar-refractivity contribution in [2.75, 3.05) is 0 Å². The van der Waals surface area contributed by atoms with E-state index in [4.69, 9.17) is 4.98 Å². The topological polar surface area (TPSA) is 12.9 Å². The van der Waals surface area contributed by atoms with Crippen molar-refractivity contribution in [2.24, 2.45) is 0 Å². The Hall–Kier alpha value is -2.76. The highest BCUT2D eigenvalue weighted by atomic mass is 31.2. The van der Waals surface area contributed by atoms with Gasteiger partial charge in [0.05, 0.1) is 0 Å². The molecule has 4 aromatic rings. The van der Waals surface area contributed by atoms with Gasteiger partial charge in [0, 0.05) is 12.3 Å². The van der Waals surface area contributed by atoms with Gasteiger partial charge in [-0.25, -0.2) is 4.98 Å². The van der Waals surface area contributed by atoms with Crippen molar-refractivity contribution in [2.45, 2.75) is 6.16 Å². The van der Waals surface area contributed by atoms with E-state index in [1.807, 2.05) is 12.3 Å². The summed E-state index contributed by atoms with van der Waals surface area (Å²) < 4.78 is 0. The number of aromatic nitrogens is 1. The zero-order valence-electron chi connectivity index (χ0n) is 14.6. The van der Waals surface area contributed by atoms with Gasteiger partial charge in [0.15, 0.2) is 5.44 Å². The van der Waals surface area contributed by atoms with Crippen LogP contribution in [0.4, 0.5) is 0 Å². The summed E-state index contributed by atoms with van der Waals surface area (Å²) >= 11 is 0. The Labute approximate surface area is 155 Å². The van der Waals surface area contributed by atoms with Crippen molar-refractivity contribution in [3.05, 3.63) is 121 Å². The van der Waals surface area contributed by atoms with Gasteiger partial charge in [-0.2, -0.15) is 0 Å². The summed E-state index contributed by atoms with van der Waals surface area (Å²) in [6.45, 7) is 0. The van der Waals surface area contributed by atoms with Gasteiger partial charge in [0.2, 0.25) is 0 Å². The van der Waals surface area contributed by atoms with Crippen LogP contribution in [0.25, 0.3) is 0 Å². The highest BCUT2D eigenvalue weighted by molar-refractivity contribution is 7.94. The molecule has 0 aliphatic heterocycles. The minimum absolute atomic E-state index is 0.971. The van der Waals surface area contributed by atoms with Crippen LogP contribution in [0.15, 0.2) is 115 Å². The monoisotopic (exact) mass is 354 g/mol. The van der Waals surface area contributed by atoms with E-state index in [0.29, 0.717) is 0 Å². The molecule has 0 fully saturated rings. The van der Waals surface area contributed by atoms with Gasteiger partial charge in [-0.15, -0.1) is 0 Å². The van der Waals surface area contributed by atoms with Crippen molar-refractivity contribution < 1.29 is 0 Å². The number of hydrogen-bond acceptors (Lipinski definition) is 1. The fraction of sp³-hybridized carbons (Fsp3) is 0.0417. The SMILES string of the molecule is c1ccc(C[P+](c2ccccc2)(c2ccccc2)c2ccccn2)cc1. The molecule has 0 aliphatic carbocycles. The molecule has 0 N–H and O–H groups in total. The number of hydrogen-bond donors (Lipinski definition) is 0. The zero-order valence-corrected chi connectivity index (χ0v) is 15.5. The Morgan fingerprint density at radius 1 is 0.538 bits per heavy atom. The van der Waals surface area contributed by atoms with E-state index in [1.54, 1.807) is 0 Å². The molecule has 0 amide bonds. The molecule has 0 atom stereocenters. The predicted octanol–water partition coefficient (Wildman–Crippen LogP) is 4.58. The molecule has 0 saturated carbocycles. The second-order valence-corrected chi connectivity index (χ2v) is 9.74. The summed E-state index contributed by atoms with van der Waals surface area (Å²) in [6.07, 6.45) is 2.89. The fourth-order valence-electron chi connectivity index (χ4n) is 3.48. The predicted molar refractivity (Wildman–Crippen MR) is 113 cm³/mol. The van der Waals surface area contributed by atoms with Gasteiger partial charge in [-0.3, -0.25) is 0 Å². The first-order chi connectivity index (χ1) is 12.9. The van der Waals surface area contributed by atoms with E-state index < -0.39 is 7.26 Å². The highest BCUT2D eigenvalue weighted by Crippen LogP contribution is 2.57. The van der Waals surface area contributed by atoms with Gasteiger partial charge in [-0.05, 0) is 35.9 Å². The second-order valence-electron chi connectivity index (χ2n) is 6.31. The van der Waals surface area contributed by atoms with E-state index >= 15 is 0 Å². The summed E-state index contributed by atoms with van der Waals surface area (Å²) in [6, 6.07) is 38.9. The maximum absolute atomic E-state index is 4.85. The van der Waals surface area contributed by atoms with Crippen molar-refractivity contribution >= 4 is 23.3 Å². The standard InChI is InChI=1S/C24H21NP/c1-4-12-21(13-5-1)20-26(22-14-6-2-7-15-22,23-16-8-3-9-17-23)24-18-10-11-19-25-24/h1-19H,20H2/q+1. The van der Waals surface area contributed by atoms with Gasteiger partial charge >= 0.3 is 0 Å². The van der Waals surface area contributed by atoms with Gasteiger partial charge in [0.25, 0.3) is 0 Å². The van der Waals surface area contributed by atoms with E-state index in [2.05, 4.69) is 103 Å². The molecule has 1 nitrogen and oxygen atoms in total. The average Bonchev–Trinajstić information content (AvgIpc) is 2.75. The lowest BCUT2D eigenvalue weighted by Crippen LogP contribution is -2.34. The Morgan fingerprint density at radius 2 is 1.04 bits per heavy atom. The smallest absolute Gasteiger partial charge is 0.193 e. The summed E-state index contributed by atoms with van der Waals surface area (Å²) in [4.78, 5) is 4.85. The van der Waals surface area contributed by atoms with Crippen LogP contribution in [-0.4, -0.2) is 4.98 Å². The molecule has 2 heteroatoms. The molecule has 0 aliphatic rings. The molecule has 3 aromatic carbocycles. The average molecular weight is 354 g/mol. The minimum Gasteiger partial charge on any atom is -0.222 e. The molecule has 0 radical (unpaired) electrons. The summed E-state index contributed by atoms with van der Waals surface area (Å²) in [7, 11) is -1.89. The van der Waals surface area contributed by atoms with Gasteiger partial charge in [-0.1, -0.05) is 72.8 Å². The molecule has 26 heavy (non-hydrogen) atoms. The van der Waals surface area contributed by atoms with Crippen LogP contribution in [0.5, 0.6) is 0 Å². The quantitative estimate of drug-likeness (QED) is 0.478. The van der Waals surface area contributed by atoms with Crippen LogP contribution in [-0.2, 0) is 6.16 Å². The van der Waals surface area contributed by atoms with E-state index in [1.165, 1.54) is 21.6 Å². The Balaban J connectivity index is 2.00. The summed E-state index contributed by atoms with van der Waals surface area (Å²) in [5, 5.41) is 2.74. The van der Waals surface area contributed by atoms with Crippen molar-refractivity contribution in [1.82, 2.24) is 4.98 Å². The summed E-state index contributed by atoms with van der Waals surface area (Å²) in [5.74, 6) is 0. The van der Waals surface area contributed by atoms with E-state index in [-0.39, 0.29) is 0 Å². The molecular formula is C24H21NP+. The van der Waals surface area contributed by atoms with E-state index in [9.17, 15) is 0 Å². The van der Waals surface area contributed by atoms with Crippen LogP contribution in [0.1, 0.15) is 5.56 Å². The first-order valence-electron chi connectivity index (χ1n) is 8.84. The first-order valence-corrected chi connectivity index (χ1v) is 10.8. The maximum Gasteiger partial charge on any atom is 0.193 e. The fourth-order valence-corrected chi connectivity index (χ4v) is 7.56. The van der Waals surface area contributed by atoms with Crippen LogP contribution in [0.2, 0.25) is 0 Å². The van der Waals surface area contributed by atoms with Crippen molar-refractivity contribution in [3.8, 4) is 0 Å². The number of nitrogens with zero attached hydrogens (tertiary/aromatic N) is 1. The third kappa shape index (κ3) is 3.19. The minimum atomic E-state index is -1.89. The number of benzene rings is 3. The van der Waals surface area contributed by atoms with Crippen LogP contribution < -0.4 is 16.0 Å². The second kappa shape index (κ2) is 7.64. The zero-order chi connectivity index (χ0) is 17.7. The normalized spacial score (nSPS) is 11.2. The lowest BCUT2D eigenvalue weighted by Gasteiger charge is -2.26. The van der Waals surface area contributed by atoms with Crippen LogP contribution in [0.3, 0.4) is 0 Å². The molecule has 0 saturated heterocycles. The van der Waals surface area contributed by atoms with Crippen LogP contribution in [0, 0.1) is 0 Å².